The monoisotopic (exact) mass is 195 g/mol. The van der Waals surface area contributed by atoms with E-state index in [4.69, 9.17) is 0 Å². The summed E-state index contributed by atoms with van der Waals surface area (Å²) in [6.07, 6.45) is 13.4. The smallest absolute Gasteiger partial charge is 0.00205 e. The second-order valence-corrected chi connectivity index (χ2v) is 5.29. The Bertz CT molecular complexity index is 125. The highest BCUT2D eigenvalue weighted by atomic mass is 14.9. The molecule has 0 atom stereocenters. The molecule has 0 radical (unpaired) electrons. The van der Waals surface area contributed by atoms with E-state index in [1.807, 2.05) is 0 Å². The first-order chi connectivity index (χ1) is 6.95. The van der Waals surface area contributed by atoms with E-state index >= 15 is 0 Å². The summed E-state index contributed by atoms with van der Waals surface area (Å²) in [6.45, 7) is 2.58. The lowest BCUT2D eigenvalue weighted by molar-refractivity contribution is 0.440. The predicted octanol–water partition coefficient (Wildman–Crippen LogP) is 3.35. The van der Waals surface area contributed by atoms with Crippen molar-refractivity contribution < 1.29 is 0 Å². The van der Waals surface area contributed by atoms with Crippen molar-refractivity contribution in [3.8, 4) is 0 Å². The van der Waals surface area contributed by atoms with Crippen LogP contribution in [0.25, 0.3) is 0 Å². The average molecular weight is 195 g/mol. The zero-order valence-corrected chi connectivity index (χ0v) is 9.43. The lowest BCUT2D eigenvalue weighted by Crippen LogP contribution is -2.23. The van der Waals surface area contributed by atoms with Crippen molar-refractivity contribution in [3.63, 3.8) is 0 Å². The Morgan fingerprint density at radius 2 is 1.36 bits per heavy atom. The predicted molar refractivity (Wildman–Crippen MR) is 61.4 cm³/mol. The van der Waals surface area contributed by atoms with Crippen LogP contribution in [0.15, 0.2) is 0 Å². The minimum Gasteiger partial charge on any atom is -0.316 e. The summed E-state index contributed by atoms with van der Waals surface area (Å²) in [5, 5.41) is 3.65. The Labute approximate surface area is 88.7 Å². The average Bonchev–Trinajstić information content (AvgIpc) is 2.86. The van der Waals surface area contributed by atoms with E-state index in [-0.39, 0.29) is 0 Å². The second-order valence-electron chi connectivity index (χ2n) is 5.29. The molecule has 2 fully saturated rings. The van der Waals surface area contributed by atoms with Crippen molar-refractivity contribution in [1.29, 1.82) is 0 Å². The number of hydrogen-bond donors (Lipinski definition) is 1. The van der Waals surface area contributed by atoms with E-state index in [0.29, 0.717) is 0 Å². The highest BCUT2D eigenvalue weighted by molar-refractivity contribution is 4.71. The first kappa shape index (κ1) is 10.5. The molecule has 2 rings (SSSR count). The van der Waals surface area contributed by atoms with Gasteiger partial charge in [-0.05, 0) is 44.2 Å². The van der Waals surface area contributed by atoms with Gasteiger partial charge in [0.25, 0.3) is 0 Å². The molecule has 0 spiro atoms. The molecule has 0 saturated heterocycles. The summed E-state index contributed by atoms with van der Waals surface area (Å²) in [4.78, 5) is 0. The summed E-state index contributed by atoms with van der Waals surface area (Å²) in [5.74, 6) is 2.07. The van der Waals surface area contributed by atoms with Gasteiger partial charge >= 0.3 is 0 Å². The first-order valence-corrected chi connectivity index (χ1v) is 6.66. The molecule has 2 aliphatic rings. The lowest BCUT2D eigenvalue weighted by Gasteiger charge is -2.12. The van der Waals surface area contributed by atoms with E-state index in [9.17, 15) is 0 Å². The van der Waals surface area contributed by atoms with Crippen LogP contribution in [0.5, 0.6) is 0 Å². The van der Waals surface area contributed by atoms with Crippen LogP contribution in [0.4, 0.5) is 0 Å². The summed E-state index contributed by atoms with van der Waals surface area (Å²) >= 11 is 0. The van der Waals surface area contributed by atoms with Crippen molar-refractivity contribution in [3.05, 3.63) is 0 Å². The van der Waals surface area contributed by atoms with Gasteiger partial charge in [-0.1, -0.05) is 38.5 Å². The van der Waals surface area contributed by atoms with Crippen molar-refractivity contribution in [2.24, 2.45) is 11.8 Å². The fraction of sp³-hybridized carbons (Fsp3) is 1.00. The largest absolute Gasteiger partial charge is 0.316 e. The Kier molecular flexibility index (Phi) is 4.30. The minimum absolute atomic E-state index is 1.01. The van der Waals surface area contributed by atoms with Gasteiger partial charge in [0.2, 0.25) is 0 Å². The molecule has 0 aromatic carbocycles. The maximum absolute atomic E-state index is 3.65. The lowest BCUT2D eigenvalue weighted by atomic mass is 10.0. The normalized spacial score (nSPS) is 24.9. The van der Waals surface area contributed by atoms with E-state index in [1.165, 1.54) is 70.9 Å². The van der Waals surface area contributed by atoms with Gasteiger partial charge in [-0.2, -0.15) is 0 Å². The van der Waals surface area contributed by atoms with Crippen molar-refractivity contribution in [2.75, 3.05) is 13.1 Å². The summed E-state index contributed by atoms with van der Waals surface area (Å²) in [6, 6.07) is 0. The Balaban J connectivity index is 1.46. The third kappa shape index (κ3) is 3.27. The molecule has 2 aliphatic carbocycles. The van der Waals surface area contributed by atoms with Crippen LogP contribution < -0.4 is 5.32 Å². The van der Waals surface area contributed by atoms with Crippen LogP contribution in [0.1, 0.15) is 57.8 Å². The maximum atomic E-state index is 3.65. The summed E-state index contributed by atoms with van der Waals surface area (Å²) < 4.78 is 0. The molecule has 2 saturated carbocycles. The highest BCUT2D eigenvalue weighted by Gasteiger charge is 2.16. The van der Waals surface area contributed by atoms with Gasteiger partial charge in [-0.15, -0.1) is 0 Å². The molecule has 0 aromatic rings. The number of rotatable bonds is 5. The van der Waals surface area contributed by atoms with Gasteiger partial charge in [-0.3, -0.25) is 0 Å². The minimum atomic E-state index is 1.01. The third-order valence-electron chi connectivity index (χ3n) is 4.11. The van der Waals surface area contributed by atoms with Crippen LogP contribution in [0, 0.1) is 11.8 Å². The summed E-state index contributed by atoms with van der Waals surface area (Å²) in [7, 11) is 0. The quantitative estimate of drug-likeness (QED) is 0.663. The van der Waals surface area contributed by atoms with E-state index in [1.54, 1.807) is 0 Å². The Morgan fingerprint density at radius 1 is 0.786 bits per heavy atom. The Hall–Kier alpha value is -0.0400. The molecule has 0 bridgehead atoms. The molecule has 1 heteroatoms. The molecular weight excluding hydrogens is 170 g/mol. The molecule has 1 nitrogen and oxygen atoms in total. The van der Waals surface area contributed by atoms with Crippen LogP contribution in [0.2, 0.25) is 0 Å². The van der Waals surface area contributed by atoms with E-state index in [0.717, 1.165) is 11.8 Å². The first-order valence-electron chi connectivity index (χ1n) is 6.66. The van der Waals surface area contributed by atoms with Crippen molar-refractivity contribution in [1.82, 2.24) is 5.32 Å². The second kappa shape index (κ2) is 5.75. The maximum Gasteiger partial charge on any atom is -0.00205 e. The molecule has 82 valence electrons. The van der Waals surface area contributed by atoms with Gasteiger partial charge in [0, 0.05) is 0 Å². The van der Waals surface area contributed by atoms with Crippen LogP contribution in [0.3, 0.4) is 0 Å². The van der Waals surface area contributed by atoms with Crippen LogP contribution in [-0.2, 0) is 0 Å². The van der Waals surface area contributed by atoms with Crippen LogP contribution >= 0.6 is 0 Å². The zero-order valence-electron chi connectivity index (χ0n) is 9.43. The topological polar surface area (TPSA) is 12.0 Å². The van der Waals surface area contributed by atoms with Crippen molar-refractivity contribution >= 4 is 0 Å². The van der Waals surface area contributed by atoms with Crippen LogP contribution in [-0.4, -0.2) is 13.1 Å². The standard InChI is InChI=1S/C13H25N/c1-2-6-12(5-1)9-10-14-11-13-7-3-4-8-13/h12-14H,1-11H2. The highest BCUT2D eigenvalue weighted by Crippen LogP contribution is 2.27. The van der Waals surface area contributed by atoms with E-state index < -0.39 is 0 Å². The fourth-order valence-corrected chi connectivity index (χ4v) is 3.13. The zero-order chi connectivity index (χ0) is 9.64. The number of hydrogen-bond acceptors (Lipinski definition) is 1. The van der Waals surface area contributed by atoms with E-state index in [2.05, 4.69) is 5.32 Å². The van der Waals surface area contributed by atoms with Crippen molar-refractivity contribution in [2.45, 2.75) is 57.8 Å². The Morgan fingerprint density at radius 3 is 2.00 bits per heavy atom. The summed E-state index contributed by atoms with van der Waals surface area (Å²) in [5.41, 5.74) is 0. The molecule has 0 aliphatic heterocycles. The van der Waals surface area contributed by atoms with Gasteiger partial charge in [0.05, 0.1) is 0 Å². The van der Waals surface area contributed by atoms with Gasteiger partial charge < -0.3 is 5.32 Å². The molecule has 1 N–H and O–H groups in total. The molecule has 0 aromatic heterocycles. The SMILES string of the molecule is C1CCC(CCNCC2CCCC2)C1. The fourth-order valence-electron chi connectivity index (χ4n) is 3.13. The molecular formula is C13H25N. The van der Waals surface area contributed by atoms with Gasteiger partial charge in [0.15, 0.2) is 0 Å². The third-order valence-corrected chi connectivity index (χ3v) is 4.11. The molecule has 0 amide bonds. The van der Waals surface area contributed by atoms with Gasteiger partial charge in [-0.25, -0.2) is 0 Å². The van der Waals surface area contributed by atoms with Gasteiger partial charge in [0.1, 0.15) is 0 Å². The number of nitrogens with one attached hydrogen (secondary N) is 1. The molecule has 0 heterocycles. The molecule has 0 unspecified atom stereocenters. The molecule has 14 heavy (non-hydrogen) atoms.